The van der Waals surface area contributed by atoms with Crippen LogP contribution in [0.4, 0.5) is 5.82 Å². The van der Waals surface area contributed by atoms with Crippen LogP contribution in [-0.2, 0) is 12.6 Å². The maximum Gasteiger partial charge on any atom is 0.257 e. The van der Waals surface area contributed by atoms with E-state index >= 15 is 0 Å². The van der Waals surface area contributed by atoms with Crippen molar-refractivity contribution in [2.45, 2.75) is 26.3 Å². The maximum atomic E-state index is 13.4. The van der Waals surface area contributed by atoms with Crippen molar-refractivity contribution in [1.29, 1.82) is 0 Å². The minimum atomic E-state index is -0.297. The number of anilines is 1. The van der Waals surface area contributed by atoms with Crippen LogP contribution in [0.15, 0.2) is 73.2 Å². The van der Waals surface area contributed by atoms with Gasteiger partial charge in [-0.25, -0.2) is 9.67 Å². The van der Waals surface area contributed by atoms with Gasteiger partial charge in [0.25, 0.3) is 5.91 Å². The second-order valence-corrected chi connectivity index (χ2v) is 8.22. The molecule has 1 amide bonds. The van der Waals surface area contributed by atoms with Crippen LogP contribution in [0.3, 0.4) is 0 Å². The zero-order chi connectivity index (χ0) is 21.3. The second kappa shape index (κ2) is 7.63. The lowest BCUT2D eigenvalue weighted by Crippen LogP contribution is -2.27. The molecule has 0 aliphatic heterocycles. The Bertz CT molecular complexity index is 1180. The molecule has 2 aromatic carbocycles. The molecule has 6 nitrogen and oxygen atoms in total. The van der Waals surface area contributed by atoms with Crippen LogP contribution in [0.5, 0.6) is 0 Å². The molecule has 4 rings (SSSR count). The Morgan fingerprint density at radius 3 is 2.33 bits per heavy atom. The minimum Gasteiger partial charge on any atom is -0.334 e. The molecule has 2 heterocycles. The second-order valence-electron chi connectivity index (χ2n) is 8.22. The van der Waals surface area contributed by atoms with Crippen molar-refractivity contribution in [3.63, 3.8) is 0 Å². The lowest BCUT2D eigenvalue weighted by atomic mass is 10.0. The van der Waals surface area contributed by atoms with Crippen molar-refractivity contribution in [1.82, 2.24) is 19.3 Å². The summed E-state index contributed by atoms with van der Waals surface area (Å²) in [5.74, 6) is 1.22. The number of carbonyl (C=O) groups excluding carboxylic acids is 1. The zero-order valence-corrected chi connectivity index (χ0v) is 17.6. The summed E-state index contributed by atoms with van der Waals surface area (Å²) in [6, 6.07) is 17.5. The number of aromatic nitrogens is 4. The van der Waals surface area contributed by atoms with Gasteiger partial charge in [-0.1, -0.05) is 48.5 Å². The largest absolute Gasteiger partial charge is 0.334 e. The summed E-state index contributed by atoms with van der Waals surface area (Å²) in [4.78, 5) is 17.8. The highest BCUT2D eigenvalue weighted by Gasteiger charge is 2.24. The van der Waals surface area contributed by atoms with Crippen LogP contribution in [0.1, 0.15) is 31.1 Å². The topological polar surface area (TPSA) is 64.7 Å². The van der Waals surface area contributed by atoms with E-state index in [9.17, 15) is 4.79 Å². The Morgan fingerprint density at radius 1 is 0.967 bits per heavy atom. The number of hydrogen-bond acceptors (Lipinski definition) is 3. The molecule has 0 spiro atoms. The van der Waals surface area contributed by atoms with Gasteiger partial charge >= 0.3 is 0 Å². The van der Waals surface area contributed by atoms with E-state index in [4.69, 9.17) is 0 Å². The van der Waals surface area contributed by atoms with Crippen LogP contribution in [0.2, 0.25) is 0 Å². The number of aryl methyl sites for hydroxylation is 1. The Kier molecular flexibility index (Phi) is 4.99. The lowest BCUT2D eigenvalue weighted by molar-refractivity contribution is 0.102. The normalized spacial score (nSPS) is 11.5. The fourth-order valence-corrected chi connectivity index (χ4v) is 3.48. The molecule has 0 aliphatic carbocycles. The van der Waals surface area contributed by atoms with E-state index in [2.05, 4.69) is 36.2 Å². The number of hydrogen-bond donors (Lipinski definition) is 1. The van der Waals surface area contributed by atoms with Gasteiger partial charge in [0.2, 0.25) is 0 Å². The van der Waals surface area contributed by atoms with Gasteiger partial charge in [-0.2, -0.15) is 5.10 Å². The van der Waals surface area contributed by atoms with Crippen molar-refractivity contribution in [2.75, 3.05) is 5.32 Å². The average molecular weight is 399 g/mol. The first kappa shape index (κ1) is 19.6. The number of imidazole rings is 1. The van der Waals surface area contributed by atoms with Crippen LogP contribution >= 0.6 is 0 Å². The number of benzene rings is 2. The predicted octanol–water partition coefficient (Wildman–Crippen LogP) is 4.96. The average Bonchev–Trinajstić information content (AvgIpc) is 3.34. The molecular weight excluding hydrogens is 374 g/mol. The van der Waals surface area contributed by atoms with Crippen molar-refractivity contribution in [2.24, 2.45) is 7.05 Å². The highest BCUT2D eigenvalue weighted by atomic mass is 16.1. The Hall–Kier alpha value is -3.67. The van der Waals surface area contributed by atoms with Crippen LogP contribution < -0.4 is 5.32 Å². The maximum absolute atomic E-state index is 13.4. The standard InChI is InChI=1S/C24H25N5O/c1-24(2,3)29-22(20(16-26-29)17-10-6-5-7-11-17)27-23(30)19-13-9-8-12-18(19)21-25-14-15-28(21)4/h5-16H,1-4H3,(H,27,30). The monoisotopic (exact) mass is 399 g/mol. The molecule has 0 bridgehead atoms. The van der Waals surface area contributed by atoms with Crippen molar-refractivity contribution < 1.29 is 4.79 Å². The van der Waals surface area contributed by atoms with Crippen LogP contribution in [0, 0.1) is 0 Å². The zero-order valence-electron chi connectivity index (χ0n) is 17.6. The summed E-state index contributed by atoms with van der Waals surface area (Å²) in [5, 5.41) is 7.71. The fraction of sp³-hybridized carbons (Fsp3) is 0.208. The van der Waals surface area contributed by atoms with E-state index in [0.717, 1.165) is 22.5 Å². The highest BCUT2D eigenvalue weighted by Crippen LogP contribution is 2.32. The molecule has 152 valence electrons. The summed E-state index contributed by atoms with van der Waals surface area (Å²) < 4.78 is 3.76. The number of nitrogens with zero attached hydrogens (tertiary/aromatic N) is 4. The van der Waals surface area contributed by atoms with Crippen LogP contribution in [-0.4, -0.2) is 25.2 Å². The van der Waals surface area contributed by atoms with E-state index in [1.165, 1.54) is 0 Å². The number of carbonyl (C=O) groups is 1. The van der Waals surface area contributed by atoms with Crippen molar-refractivity contribution in [3.8, 4) is 22.5 Å². The summed E-state index contributed by atoms with van der Waals surface area (Å²) >= 11 is 0. The fourth-order valence-electron chi connectivity index (χ4n) is 3.48. The van der Waals surface area contributed by atoms with Crippen molar-refractivity contribution in [3.05, 3.63) is 78.8 Å². The molecule has 1 N–H and O–H groups in total. The van der Waals surface area contributed by atoms with Gasteiger partial charge in [0.1, 0.15) is 11.6 Å². The molecule has 0 saturated heterocycles. The molecular formula is C24H25N5O. The quantitative estimate of drug-likeness (QED) is 0.528. The Morgan fingerprint density at radius 2 is 1.67 bits per heavy atom. The van der Waals surface area contributed by atoms with Gasteiger partial charge in [0.05, 0.1) is 17.3 Å². The molecule has 30 heavy (non-hydrogen) atoms. The van der Waals surface area contributed by atoms with Gasteiger partial charge in [-0.15, -0.1) is 0 Å². The molecule has 4 aromatic rings. The molecule has 0 aliphatic rings. The first-order chi connectivity index (χ1) is 14.4. The molecule has 0 radical (unpaired) electrons. The Balaban J connectivity index is 1.78. The van der Waals surface area contributed by atoms with Gasteiger partial charge < -0.3 is 9.88 Å². The summed E-state index contributed by atoms with van der Waals surface area (Å²) in [6.07, 6.45) is 5.40. The third kappa shape index (κ3) is 3.64. The van der Waals surface area contributed by atoms with E-state index in [1.54, 1.807) is 12.4 Å². The molecule has 0 saturated carbocycles. The summed E-state index contributed by atoms with van der Waals surface area (Å²) in [7, 11) is 1.92. The molecule has 2 aromatic heterocycles. The Labute approximate surface area is 176 Å². The SMILES string of the molecule is Cn1ccnc1-c1ccccc1C(=O)Nc1c(-c2ccccc2)cnn1C(C)(C)C. The van der Waals surface area contributed by atoms with E-state index in [-0.39, 0.29) is 11.4 Å². The first-order valence-corrected chi connectivity index (χ1v) is 9.88. The third-order valence-electron chi connectivity index (χ3n) is 4.96. The molecule has 0 unspecified atom stereocenters. The van der Waals surface area contributed by atoms with Crippen LogP contribution in [0.25, 0.3) is 22.5 Å². The predicted molar refractivity (Wildman–Crippen MR) is 119 cm³/mol. The minimum absolute atomic E-state index is 0.197. The number of rotatable bonds is 4. The van der Waals surface area contributed by atoms with Gasteiger partial charge in [0.15, 0.2) is 0 Å². The van der Waals surface area contributed by atoms with E-state index in [1.807, 2.05) is 77.1 Å². The highest BCUT2D eigenvalue weighted by molar-refractivity contribution is 6.09. The van der Waals surface area contributed by atoms with Gasteiger partial charge in [-0.3, -0.25) is 4.79 Å². The molecule has 0 atom stereocenters. The number of amides is 1. The molecule has 6 heteroatoms. The summed E-state index contributed by atoms with van der Waals surface area (Å²) in [5.41, 5.74) is 2.93. The number of nitrogens with one attached hydrogen (secondary N) is 1. The summed E-state index contributed by atoms with van der Waals surface area (Å²) in [6.45, 7) is 6.19. The third-order valence-corrected chi connectivity index (χ3v) is 4.96. The lowest BCUT2D eigenvalue weighted by Gasteiger charge is -2.23. The van der Waals surface area contributed by atoms with Crippen molar-refractivity contribution >= 4 is 11.7 Å². The van der Waals surface area contributed by atoms with E-state index in [0.29, 0.717) is 11.4 Å². The van der Waals surface area contributed by atoms with Gasteiger partial charge in [-0.05, 0) is 32.4 Å². The molecule has 0 fully saturated rings. The first-order valence-electron chi connectivity index (χ1n) is 9.88. The van der Waals surface area contributed by atoms with Gasteiger partial charge in [0, 0.05) is 30.6 Å². The van der Waals surface area contributed by atoms with E-state index < -0.39 is 0 Å². The smallest absolute Gasteiger partial charge is 0.257 e.